The van der Waals surface area contributed by atoms with Crippen LogP contribution in [0.1, 0.15) is 23.6 Å². The summed E-state index contributed by atoms with van der Waals surface area (Å²) in [6.07, 6.45) is -1.12. The summed E-state index contributed by atoms with van der Waals surface area (Å²) in [5.41, 5.74) is 2.40. The number of cyclic esters (lactones) is 1. The molecule has 1 N–H and O–H groups in total. The molecular formula is C25H24FNO4. The fraction of sp³-hybridized carbons (Fsp3) is 0.240. The molecule has 2 unspecified atom stereocenters. The van der Waals surface area contributed by atoms with Crippen molar-refractivity contribution < 1.29 is 23.8 Å². The first kappa shape index (κ1) is 20.9. The van der Waals surface area contributed by atoms with Crippen LogP contribution < -0.4 is 9.64 Å². The zero-order valence-electron chi connectivity index (χ0n) is 17.1. The molecule has 0 spiro atoms. The van der Waals surface area contributed by atoms with E-state index in [1.807, 2.05) is 42.5 Å². The summed E-state index contributed by atoms with van der Waals surface area (Å²) in [6, 6.07) is 22.2. The number of aliphatic hydroxyl groups is 1. The minimum absolute atomic E-state index is 0.392. The van der Waals surface area contributed by atoms with Crippen molar-refractivity contribution in [2.75, 3.05) is 12.0 Å². The largest absolute Gasteiger partial charge is 0.497 e. The van der Waals surface area contributed by atoms with Crippen molar-refractivity contribution in [3.05, 3.63) is 95.8 Å². The Labute approximate surface area is 180 Å². The number of rotatable bonds is 7. The maximum atomic E-state index is 13.5. The van der Waals surface area contributed by atoms with Gasteiger partial charge in [0.15, 0.2) is 6.10 Å². The zero-order chi connectivity index (χ0) is 21.8. The number of ether oxygens (including phenoxy) is 2. The van der Waals surface area contributed by atoms with Gasteiger partial charge in [-0.2, -0.15) is 0 Å². The third-order valence-corrected chi connectivity index (χ3v) is 5.54. The maximum absolute atomic E-state index is 13.5. The highest BCUT2D eigenvalue weighted by molar-refractivity contribution is 5.91. The molecule has 0 saturated carbocycles. The van der Waals surface area contributed by atoms with Gasteiger partial charge in [0.25, 0.3) is 0 Å². The SMILES string of the molecule is COc1ccc([C@@H]2C(C(O)CCc3ccccc3)OC(=O)N2c2ccc(F)cc2)cc1. The number of benzene rings is 3. The van der Waals surface area contributed by atoms with E-state index in [1.54, 1.807) is 19.2 Å². The summed E-state index contributed by atoms with van der Waals surface area (Å²) in [6.45, 7) is 0. The number of methoxy groups -OCH3 is 1. The fourth-order valence-corrected chi connectivity index (χ4v) is 3.92. The highest BCUT2D eigenvalue weighted by atomic mass is 19.1. The molecule has 5 nitrogen and oxygen atoms in total. The number of hydrogen-bond donors (Lipinski definition) is 1. The zero-order valence-corrected chi connectivity index (χ0v) is 17.1. The number of hydrogen-bond acceptors (Lipinski definition) is 4. The van der Waals surface area contributed by atoms with E-state index in [1.165, 1.54) is 29.2 Å². The molecule has 1 aliphatic heterocycles. The Hall–Kier alpha value is -3.38. The number of carbonyl (C=O) groups excluding carboxylic acids is 1. The fourth-order valence-electron chi connectivity index (χ4n) is 3.92. The first-order valence-corrected chi connectivity index (χ1v) is 10.2. The monoisotopic (exact) mass is 421 g/mol. The van der Waals surface area contributed by atoms with Gasteiger partial charge in [-0.1, -0.05) is 42.5 Å². The molecule has 160 valence electrons. The van der Waals surface area contributed by atoms with Crippen molar-refractivity contribution in [2.24, 2.45) is 0 Å². The molecule has 1 aliphatic rings. The summed E-state index contributed by atoms with van der Waals surface area (Å²) >= 11 is 0. The predicted molar refractivity (Wildman–Crippen MR) is 116 cm³/mol. The standard InChI is InChI=1S/C25H24FNO4/c1-30-21-14-8-18(9-15-21)23-24(22(28)16-7-17-5-3-2-4-6-17)31-25(29)27(23)20-12-10-19(26)11-13-20/h2-6,8-15,22-24,28H,7,16H2,1H3/t22?,23-,24?/m1/s1. The van der Waals surface area contributed by atoms with Gasteiger partial charge in [0.1, 0.15) is 17.6 Å². The average Bonchev–Trinajstić information content (AvgIpc) is 3.16. The summed E-state index contributed by atoms with van der Waals surface area (Å²) < 4.78 is 24.3. The Kier molecular flexibility index (Phi) is 6.18. The lowest BCUT2D eigenvalue weighted by Gasteiger charge is -2.27. The van der Waals surface area contributed by atoms with Crippen molar-refractivity contribution in [1.29, 1.82) is 0 Å². The maximum Gasteiger partial charge on any atom is 0.415 e. The Balaban J connectivity index is 1.63. The van der Waals surface area contributed by atoms with E-state index < -0.39 is 30.2 Å². The van der Waals surface area contributed by atoms with Crippen LogP contribution in [0.25, 0.3) is 0 Å². The Morgan fingerprint density at radius 3 is 2.35 bits per heavy atom. The molecule has 3 atom stereocenters. The number of carbonyl (C=O) groups is 1. The molecular weight excluding hydrogens is 397 g/mol. The van der Waals surface area contributed by atoms with Gasteiger partial charge in [0.05, 0.1) is 13.2 Å². The van der Waals surface area contributed by atoms with E-state index in [0.717, 1.165) is 11.1 Å². The third kappa shape index (κ3) is 4.54. The van der Waals surface area contributed by atoms with Crippen molar-refractivity contribution in [3.63, 3.8) is 0 Å². The van der Waals surface area contributed by atoms with E-state index in [9.17, 15) is 14.3 Å². The van der Waals surface area contributed by atoms with Crippen LogP contribution in [0.3, 0.4) is 0 Å². The smallest absolute Gasteiger partial charge is 0.415 e. The molecule has 0 aliphatic carbocycles. The molecule has 0 aromatic heterocycles. The molecule has 1 saturated heterocycles. The Morgan fingerprint density at radius 1 is 1.03 bits per heavy atom. The first-order chi connectivity index (χ1) is 15.1. The predicted octanol–water partition coefficient (Wildman–Crippen LogP) is 4.89. The number of amides is 1. The van der Waals surface area contributed by atoms with E-state index in [0.29, 0.717) is 24.3 Å². The lowest BCUT2D eigenvalue weighted by molar-refractivity contribution is 0.0146. The van der Waals surface area contributed by atoms with Gasteiger partial charge in [0.2, 0.25) is 0 Å². The second kappa shape index (κ2) is 9.18. The molecule has 0 bridgehead atoms. The normalized spacial score (nSPS) is 19.2. The highest BCUT2D eigenvalue weighted by Crippen LogP contribution is 2.40. The first-order valence-electron chi connectivity index (χ1n) is 10.2. The van der Waals surface area contributed by atoms with Gasteiger partial charge in [0, 0.05) is 5.69 Å². The van der Waals surface area contributed by atoms with Crippen molar-refractivity contribution in [1.82, 2.24) is 0 Å². The molecule has 0 radical (unpaired) electrons. The Morgan fingerprint density at radius 2 is 1.71 bits per heavy atom. The van der Waals surface area contributed by atoms with E-state index >= 15 is 0 Å². The second-order valence-corrected chi connectivity index (χ2v) is 7.50. The van der Waals surface area contributed by atoms with Crippen LogP contribution in [0.15, 0.2) is 78.9 Å². The van der Waals surface area contributed by atoms with Crippen LogP contribution in [-0.4, -0.2) is 30.5 Å². The van der Waals surface area contributed by atoms with Gasteiger partial charge < -0.3 is 14.6 Å². The van der Waals surface area contributed by atoms with Gasteiger partial charge in [-0.15, -0.1) is 0 Å². The van der Waals surface area contributed by atoms with E-state index in [-0.39, 0.29) is 0 Å². The number of anilines is 1. The third-order valence-electron chi connectivity index (χ3n) is 5.54. The molecule has 1 amide bonds. The molecule has 6 heteroatoms. The van der Waals surface area contributed by atoms with Crippen LogP contribution in [0.2, 0.25) is 0 Å². The van der Waals surface area contributed by atoms with Crippen molar-refractivity contribution >= 4 is 11.8 Å². The average molecular weight is 421 g/mol. The molecule has 1 fully saturated rings. The number of halogens is 1. The molecule has 3 aromatic rings. The summed E-state index contributed by atoms with van der Waals surface area (Å²) in [7, 11) is 1.58. The van der Waals surface area contributed by atoms with Crippen molar-refractivity contribution in [2.45, 2.75) is 31.1 Å². The topological polar surface area (TPSA) is 59.0 Å². The van der Waals surface area contributed by atoms with E-state index in [2.05, 4.69) is 0 Å². The van der Waals surface area contributed by atoms with Crippen LogP contribution in [0, 0.1) is 5.82 Å². The number of aryl methyl sites for hydroxylation is 1. The van der Waals surface area contributed by atoms with Gasteiger partial charge in [-0.25, -0.2) is 9.18 Å². The minimum atomic E-state index is -0.873. The Bertz CT molecular complexity index is 1010. The lowest BCUT2D eigenvalue weighted by atomic mass is 9.93. The number of aliphatic hydroxyl groups excluding tert-OH is 1. The molecule has 3 aromatic carbocycles. The van der Waals surface area contributed by atoms with Crippen molar-refractivity contribution in [3.8, 4) is 5.75 Å². The molecule has 31 heavy (non-hydrogen) atoms. The summed E-state index contributed by atoms with van der Waals surface area (Å²) in [5, 5.41) is 11.0. The van der Waals surface area contributed by atoms with Crippen LogP contribution in [0.5, 0.6) is 5.75 Å². The molecule has 1 heterocycles. The van der Waals surface area contributed by atoms with Crippen LogP contribution in [-0.2, 0) is 11.2 Å². The van der Waals surface area contributed by atoms with Crippen LogP contribution >= 0.6 is 0 Å². The highest BCUT2D eigenvalue weighted by Gasteiger charge is 2.46. The number of nitrogens with zero attached hydrogens (tertiary/aromatic N) is 1. The lowest BCUT2D eigenvalue weighted by Crippen LogP contribution is -2.35. The van der Waals surface area contributed by atoms with Gasteiger partial charge >= 0.3 is 6.09 Å². The molecule has 4 rings (SSSR count). The second-order valence-electron chi connectivity index (χ2n) is 7.50. The minimum Gasteiger partial charge on any atom is -0.497 e. The quantitative estimate of drug-likeness (QED) is 0.590. The summed E-state index contributed by atoms with van der Waals surface area (Å²) in [4.78, 5) is 14.3. The van der Waals surface area contributed by atoms with E-state index in [4.69, 9.17) is 9.47 Å². The van der Waals surface area contributed by atoms with Gasteiger partial charge in [-0.05, 0) is 60.4 Å². The van der Waals surface area contributed by atoms with Gasteiger partial charge in [-0.3, -0.25) is 4.90 Å². The van der Waals surface area contributed by atoms with Crippen LogP contribution in [0.4, 0.5) is 14.9 Å². The summed E-state index contributed by atoms with van der Waals surface area (Å²) in [5.74, 6) is 0.292.